The lowest BCUT2D eigenvalue weighted by atomic mass is 10.3. The monoisotopic (exact) mass is 280 g/mol. The highest BCUT2D eigenvalue weighted by Crippen LogP contribution is 2.26. The van der Waals surface area contributed by atoms with E-state index in [1.807, 2.05) is 18.2 Å². The number of anilines is 2. The summed E-state index contributed by atoms with van der Waals surface area (Å²) in [5.74, 6) is 0.468. The van der Waals surface area contributed by atoms with Gasteiger partial charge in [0.2, 0.25) is 5.95 Å². The van der Waals surface area contributed by atoms with Gasteiger partial charge in [-0.3, -0.25) is 0 Å². The molecule has 1 aliphatic heterocycles. The number of fused-ring (bicyclic) bond motifs is 1. The van der Waals surface area contributed by atoms with Gasteiger partial charge >= 0.3 is 0 Å². The van der Waals surface area contributed by atoms with E-state index in [0.29, 0.717) is 16.1 Å². The molecule has 0 bridgehead atoms. The average molecular weight is 281 g/mol. The molecule has 0 radical (unpaired) electrons. The highest BCUT2D eigenvalue weighted by molar-refractivity contribution is 6.33. The zero-order valence-corrected chi connectivity index (χ0v) is 10.9. The van der Waals surface area contributed by atoms with Crippen LogP contribution in [0.25, 0.3) is 0 Å². The SMILES string of the molecule is Clc1ccccc1Nc1nc(Cl)c2c(n1)CNC2. The Balaban J connectivity index is 1.95. The first-order valence-corrected chi connectivity index (χ1v) is 6.27. The van der Waals surface area contributed by atoms with Crippen LogP contribution in [0.3, 0.4) is 0 Å². The van der Waals surface area contributed by atoms with E-state index >= 15 is 0 Å². The molecule has 0 unspecified atom stereocenters. The second-order valence-corrected chi connectivity index (χ2v) is 4.74. The molecule has 1 aromatic heterocycles. The van der Waals surface area contributed by atoms with Crippen molar-refractivity contribution in [3.05, 3.63) is 45.7 Å². The summed E-state index contributed by atoms with van der Waals surface area (Å²) in [7, 11) is 0. The third-order valence-corrected chi connectivity index (χ3v) is 3.40. The van der Waals surface area contributed by atoms with Gasteiger partial charge in [-0.1, -0.05) is 35.3 Å². The largest absolute Gasteiger partial charge is 0.323 e. The molecule has 0 spiro atoms. The van der Waals surface area contributed by atoms with Gasteiger partial charge in [0, 0.05) is 18.7 Å². The molecular weight excluding hydrogens is 271 g/mol. The van der Waals surface area contributed by atoms with Gasteiger partial charge in [-0.15, -0.1) is 0 Å². The number of hydrogen-bond donors (Lipinski definition) is 2. The number of hydrogen-bond acceptors (Lipinski definition) is 4. The molecule has 0 atom stereocenters. The zero-order valence-electron chi connectivity index (χ0n) is 9.37. The van der Waals surface area contributed by atoms with Crippen molar-refractivity contribution in [1.29, 1.82) is 0 Å². The molecule has 18 heavy (non-hydrogen) atoms. The number of nitrogens with zero attached hydrogens (tertiary/aromatic N) is 2. The molecule has 2 heterocycles. The second kappa shape index (κ2) is 4.72. The Hall–Kier alpha value is -1.36. The summed E-state index contributed by atoms with van der Waals surface area (Å²) in [6, 6.07) is 7.43. The number of rotatable bonds is 2. The number of benzene rings is 1. The van der Waals surface area contributed by atoms with Gasteiger partial charge in [-0.2, -0.15) is 0 Å². The summed E-state index contributed by atoms with van der Waals surface area (Å²) in [6.45, 7) is 1.44. The number of aromatic nitrogens is 2. The maximum atomic E-state index is 6.12. The lowest BCUT2D eigenvalue weighted by molar-refractivity contribution is 0.758. The molecule has 0 amide bonds. The van der Waals surface area contributed by atoms with Crippen molar-refractivity contribution >= 4 is 34.8 Å². The van der Waals surface area contributed by atoms with E-state index in [0.717, 1.165) is 30.0 Å². The van der Waals surface area contributed by atoms with Crippen LogP contribution in [0.2, 0.25) is 10.2 Å². The van der Waals surface area contributed by atoms with Crippen LogP contribution >= 0.6 is 23.2 Å². The van der Waals surface area contributed by atoms with E-state index < -0.39 is 0 Å². The van der Waals surface area contributed by atoms with Crippen LogP contribution < -0.4 is 10.6 Å². The fourth-order valence-corrected chi connectivity index (χ4v) is 2.30. The Morgan fingerprint density at radius 3 is 2.78 bits per heavy atom. The maximum absolute atomic E-state index is 6.12. The third kappa shape index (κ3) is 2.14. The van der Waals surface area contributed by atoms with Crippen LogP contribution in [-0.2, 0) is 13.1 Å². The van der Waals surface area contributed by atoms with Crippen LogP contribution in [-0.4, -0.2) is 9.97 Å². The van der Waals surface area contributed by atoms with E-state index in [-0.39, 0.29) is 0 Å². The summed E-state index contributed by atoms with van der Waals surface area (Å²) in [5.41, 5.74) is 2.67. The smallest absolute Gasteiger partial charge is 0.228 e. The lowest BCUT2D eigenvalue weighted by Crippen LogP contribution is -2.02. The van der Waals surface area contributed by atoms with Crippen molar-refractivity contribution in [3.63, 3.8) is 0 Å². The molecule has 1 aromatic carbocycles. The van der Waals surface area contributed by atoms with Gasteiger partial charge in [0.25, 0.3) is 0 Å². The van der Waals surface area contributed by atoms with Crippen molar-refractivity contribution in [2.24, 2.45) is 0 Å². The van der Waals surface area contributed by atoms with E-state index in [9.17, 15) is 0 Å². The van der Waals surface area contributed by atoms with Gasteiger partial charge in [0.1, 0.15) is 5.15 Å². The van der Waals surface area contributed by atoms with Crippen LogP contribution in [0, 0.1) is 0 Å². The van der Waals surface area contributed by atoms with Crippen molar-refractivity contribution in [1.82, 2.24) is 15.3 Å². The minimum absolute atomic E-state index is 0.468. The molecule has 1 aliphatic rings. The molecule has 2 N–H and O–H groups in total. The Kier molecular flexibility index (Phi) is 3.07. The van der Waals surface area contributed by atoms with Crippen LogP contribution in [0.5, 0.6) is 0 Å². The van der Waals surface area contributed by atoms with Gasteiger partial charge in [0.05, 0.1) is 16.4 Å². The Bertz CT molecular complexity index is 601. The fraction of sp³-hybridized carbons (Fsp3) is 0.167. The maximum Gasteiger partial charge on any atom is 0.228 e. The van der Waals surface area contributed by atoms with Crippen molar-refractivity contribution in [2.75, 3.05) is 5.32 Å². The van der Waals surface area contributed by atoms with E-state index in [4.69, 9.17) is 23.2 Å². The molecule has 2 aromatic rings. The van der Waals surface area contributed by atoms with Crippen molar-refractivity contribution < 1.29 is 0 Å². The molecule has 6 heteroatoms. The van der Waals surface area contributed by atoms with Crippen LogP contribution in [0.1, 0.15) is 11.3 Å². The van der Waals surface area contributed by atoms with E-state index in [1.54, 1.807) is 6.07 Å². The summed E-state index contributed by atoms with van der Waals surface area (Å²) in [4.78, 5) is 8.65. The highest BCUT2D eigenvalue weighted by Gasteiger charge is 2.17. The predicted molar refractivity (Wildman–Crippen MR) is 72.3 cm³/mol. The molecule has 0 saturated heterocycles. The Morgan fingerprint density at radius 1 is 1.11 bits per heavy atom. The number of halogens is 2. The minimum Gasteiger partial charge on any atom is -0.323 e. The zero-order chi connectivity index (χ0) is 12.5. The summed E-state index contributed by atoms with van der Waals surface area (Å²) in [6.07, 6.45) is 0. The first-order valence-electron chi connectivity index (χ1n) is 5.51. The van der Waals surface area contributed by atoms with Crippen molar-refractivity contribution in [3.8, 4) is 0 Å². The predicted octanol–water partition coefficient (Wildman–Crippen LogP) is 3.13. The van der Waals surface area contributed by atoms with E-state index in [1.165, 1.54) is 0 Å². The minimum atomic E-state index is 0.468. The number of nitrogens with one attached hydrogen (secondary N) is 2. The topological polar surface area (TPSA) is 49.8 Å². The lowest BCUT2D eigenvalue weighted by Gasteiger charge is -2.08. The van der Waals surface area contributed by atoms with Crippen LogP contribution in [0.4, 0.5) is 11.6 Å². The molecule has 0 aliphatic carbocycles. The van der Waals surface area contributed by atoms with Gasteiger partial charge in [0.15, 0.2) is 0 Å². The molecule has 4 nitrogen and oxygen atoms in total. The molecule has 0 fully saturated rings. The average Bonchev–Trinajstić information content (AvgIpc) is 2.81. The van der Waals surface area contributed by atoms with Crippen LogP contribution in [0.15, 0.2) is 24.3 Å². The summed E-state index contributed by atoms with van der Waals surface area (Å²) in [5, 5.41) is 7.37. The summed E-state index contributed by atoms with van der Waals surface area (Å²) < 4.78 is 0. The Morgan fingerprint density at radius 2 is 1.94 bits per heavy atom. The van der Waals surface area contributed by atoms with Gasteiger partial charge < -0.3 is 10.6 Å². The first-order chi connectivity index (χ1) is 8.74. The number of para-hydroxylation sites is 1. The summed E-state index contributed by atoms with van der Waals surface area (Å²) >= 11 is 12.2. The highest BCUT2D eigenvalue weighted by atomic mass is 35.5. The second-order valence-electron chi connectivity index (χ2n) is 3.97. The quantitative estimate of drug-likeness (QED) is 0.830. The third-order valence-electron chi connectivity index (χ3n) is 2.76. The normalized spacial score (nSPS) is 13.4. The standard InChI is InChI=1S/C12H10Cl2N4/c13-8-3-1-2-4-9(8)16-12-17-10-6-15-5-7(10)11(14)18-12/h1-4,15H,5-6H2,(H,16,17,18). The van der Waals surface area contributed by atoms with Gasteiger partial charge in [-0.05, 0) is 12.1 Å². The molecule has 3 rings (SSSR count). The van der Waals surface area contributed by atoms with Gasteiger partial charge in [-0.25, -0.2) is 9.97 Å². The van der Waals surface area contributed by atoms with Crippen molar-refractivity contribution in [2.45, 2.75) is 13.1 Å². The molecular formula is C12H10Cl2N4. The molecule has 0 saturated carbocycles. The van der Waals surface area contributed by atoms with E-state index in [2.05, 4.69) is 20.6 Å². The Labute approximate surface area is 114 Å². The molecule has 92 valence electrons. The fourth-order valence-electron chi connectivity index (χ4n) is 1.87. The first kappa shape index (κ1) is 11.7.